The van der Waals surface area contributed by atoms with E-state index in [-0.39, 0.29) is 6.42 Å². The highest BCUT2D eigenvalue weighted by Crippen LogP contribution is 2.21. The molecule has 6 nitrogen and oxygen atoms in total. The largest absolute Gasteiger partial charge is 0.481 e. The number of aliphatic hydroxyl groups excluding tert-OH is 1. The highest BCUT2D eigenvalue weighted by Gasteiger charge is 2.15. The lowest BCUT2D eigenvalue weighted by atomic mass is 10.1. The summed E-state index contributed by atoms with van der Waals surface area (Å²) in [6, 6.07) is 12.9. The monoisotopic (exact) mass is 297 g/mol. The third-order valence-corrected chi connectivity index (χ3v) is 3.22. The predicted octanol–water partition coefficient (Wildman–Crippen LogP) is 2.42. The Morgan fingerprint density at radius 2 is 2.05 bits per heavy atom. The van der Waals surface area contributed by atoms with Crippen molar-refractivity contribution < 1.29 is 14.4 Å². The molecule has 0 radical (unpaired) electrons. The number of hydrogen-bond donors (Lipinski definition) is 1. The molecule has 1 N–H and O–H groups in total. The summed E-state index contributed by atoms with van der Waals surface area (Å²) in [4.78, 5) is 8.33. The minimum absolute atomic E-state index is 0.263. The number of benzene rings is 1. The number of hydrogen-bond acceptors (Lipinski definition) is 6. The van der Waals surface area contributed by atoms with E-state index in [0.29, 0.717) is 17.6 Å². The number of aromatic nitrogens is 3. The lowest BCUT2D eigenvalue weighted by Gasteiger charge is -2.07. The van der Waals surface area contributed by atoms with Gasteiger partial charge in [-0.25, -0.2) is 4.98 Å². The Morgan fingerprint density at radius 3 is 2.82 bits per heavy atom. The van der Waals surface area contributed by atoms with Crippen LogP contribution in [0.3, 0.4) is 0 Å². The molecule has 0 aliphatic carbocycles. The smallest absolute Gasteiger partial charge is 0.229 e. The van der Waals surface area contributed by atoms with E-state index in [1.165, 1.54) is 0 Å². The van der Waals surface area contributed by atoms with Gasteiger partial charge in [-0.15, -0.1) is 0 Å². The fraction of sp³-hybridized carbons (Fsp3) is 0.188. The first-order valence-electron chi connectivity index (χ1n) is 6.82. The molecule has 0 fully saturated rings. The summed E-state index contributed by atoms with van der Waals surface area (Å²) in [5.74, 6) is 1.30. The van der Waals surface area contributed by atoms with E-state index < -0.39 is 6.10 Å². The van der Waals surface area contributed by atoms with Gasteiger partial charge in [0.2, 0.25) is 17.6 Å². The van der Waals surface area contributed by atoms with Crippen molar-refractivity contribution in [2.75, 3.05) is 7.11 Å². The van der Waals surface area contributed by atoms with Crippen molar-refractivity contribution in [3.63, 3.8) is 0 Å². The molecule has 3 aromatic rings. The molecule has 3 rings (SSSR count). The second-order valence-electron chi connectivity index (χ2n) is 4.73. The number of nitrogens with zero attached hydrogens (tertiary/aromatic N) is 3. The van der Waals surface area contributed by atoms with E-state index >= 15 is 0 Å². The molecule has 6 heteroatoms. The van der Waals surface area contributed by atoms with Crippen molar-refractivity contribution in [3.8, 4) is 17.3 Å². The van der Waals surface area contributed by atoms with Crippen LogP contribution in [0.5, 0.6) is 5.88 Å². The van der Waals surface area contributed by atoms with Crippen LogP contribution < -0.4 is 4.74 Å². The van der Waals surface area contributed by atoms with Gasteiger partial charge < -0.3 is 14.4 Å². The standard InChI is InChI=1S/C16H15N3O3/c1-21-14-9-12(7-8-17-14)16-18-15(22-19-16)10-13(20)11-5-3-2-4-6-11/h2-9,13,20H,10H2,1H3/t13-/m1/s1. The van der Waals surface area contributed by atoms with E-state index in [1.807, 2.05) is 30.3 Å². The fourth-order valence-electron chi connectivity index (χ4n) is 2.07. The molecule has 0 bridgehead atoms. The first kappa shape index (κ1) is 14.2. The van der Waals surface area contributed by atoms with Crippen LogP contribution in [0, 0.1) is 0 Å². The van der Waals surface area contributed by atoms with Crippen LogP contribution in [0.4, 0.5) is 0 Å². The maximum absolute atomic E-state index is 10.2. The zero-order chi connectivity index (χ0) is 15.4. The molecule has 1 aromatic carbocycles. The summed E-state index contributed by atoms with van der Waals surface area (Å²) >= 11 is 0. The molecular weight excluding hydrogens is 282 g/mol. The quantitative estimate of drug-likeness (QED) is 0.779. The predicted molar refractivity (Wildman–Crippen MR) is 79.2 cm³/mol. The van der Waals surface area contributed by atoms with Crippen LogP contribution in [0.25, 0.3) is 11.4 Å². The number of aliphatic hydroxyl groups is 1. The van der Waals surface area contributed by atoms with Crippen molar-refractivity contribution in [2.45, 2.75) is 12.5 Å². The molecular formula is C16H15N3O3. The summed E-state index contributed by atoms with van der Waals surface area (Å²) in [7, 11) is 1.55. The van der Waals surface area contributed by atoms with Gasteiger partial charge in [-0.2, -0.15) is 4.98 Å². The lowest BCUT2D eigenvalue weighted by molar-refractivity contribution is 0.165. The van der Waals surface area contributed by atoms with Gasteiger partial charge in [0.05, 0.1) is 19.6 Å². The first-order chi connectivity index (χ1) is 10.8. The molecule has 0 spiro atoms. The Hall–Kier alpha value is -2.73. The molecule has 112 valence electrons. The molecule has 22 heavy (non-hydrogen) atoms. The minimum Gasteiger partial charge on any atom is -0.481 e. The number of methoxy groups -OCH3 is 1. The third kappa shape index (κ3) is 3.12. The van der Waals surface area contributed by atoms with Gasteiger partial charge in [-0.1, -0.05) is 35.5 Å². The number of rotatable bonds is 5. The second-order valence-corrected chi connectivity index (χ2v) is 4.73. The molecule has 0 aliphatic heterocycles. The summed E-state index contributed by atoms with van der Waals surface area (Å²) in [5.41, 5.74) is 1.56. The van der Waals surface area contributed by atoms with Crippen LogP contribution in [-0.2, 0) is 6.42 Å². The van der Waals surface area contributed by atoms with E-state index in [0.717, 1.165) is 11.1 Å². The van der Waals surface area contributed by atoms with Gasteiger partial charge in [0, 0.05) is 17.8 Å². The molecule has 2 aromatic heterocycles. The summed E-state index contributed by atoms with van der Waals surface area (Å²) in [6.45, 7) is 0. The van der Waals surface area contributed by atoms with Gasteiger partial charge in [0.25, 0.3) is 0 Å². The Kier molecular flexibility index (Phi) is 4.11. The summed E-state index contributed by atoms with van der Waals surface area (Å²) < 4.78 is 10.3. The third-order valence-electron chi connectivity index (χ3n) is 3.22. The molecule has 0 amide bonds. The van der Waals surface area contributed by atoms with E-state index in [1.54, 1.807) is 25.4 Å². The van der Waals surface area contributed by atoms with Crippen LogP contribution in [0.2, 0.25) is 0 Å². The average Bonchev–Trinajstić information content (AvgIpc) is 3.04. The van der Waals surface area contributed by atoms with Crippen LogP contribution in [0.15, 0.2) is 53.2 Å². The summed E-state index contributed by atoms with van der Waals surface area (Å²) in [6.07, 6.45) is 1.20. The Labute approximate surface area is 127 Å². The zero-order valence-electron chi connectivity index (χ0n) is 12.0. The SMILES string of the molecule is COc1cc(-c2noc(C[C@@H](O)c3ccccc3)n2)ccn1. The van der Waals surface area contributed by atoms with Crippen LogP contribution in [-0.4, -0.2) is 27.3 Å². The van der Waals surface area contributed by atoms with Gasteiger partial charge >= 0.3 is 0 Å². The van der Waals surface area contributed by atoms with E-state index in [2.05, 4.69) is 15.1 Å². The van der Waals surface area contributed by atoms with Gasteiger partial charge in [0.15, 0.2) is 0 Å². The topological polar surface area (TPSA) is 81.3 Å². The maximum Gasteiger partial charge on any atom is 0.229 e. The molecule has 0 aliphatic rings. The first-order valence-corrected chi connectivity index (χ1v) is 6.82. The van der Waals surface area contributed by atoms with Crippen molar-refractivity contribution in [1.29, 1.82) is 0 Å². The Morgan fingerprint density at radius 1 is 1.23 bits per heavy atom. The summed E-state index contributed by atoms with van der Waals surface area (Å²) in [5, 5.41) is 14.1. The minimum atomic E-state index is -0.679. The van der Waals surface area contributed by atoms with E-state index in [4.69, 9.17) is 9.26 Å². The molecule has 1 atom stereocenters. The van der Waals surface area contributed by atoms with Crippen molar-refractivity contribution in [1.82, 2.24) is 15.1 Å². The fourth-order valence-corrected chi connectivity index (χ4v) is 2.07. The Bertz CT molecular complexity index is 743. The zero-order valence-corrected chi connectivity index (χ0v) is 12.0. The maximum atomic E-state index is 10.2. The highest BCUT2D eigenvalue weighted by atomic mass is 16.5. The van der Waals surface area contributed by atoms with Crippen LogP contribution in [0.1, 0.15) is 17.6 Å². The molecule has 0 unspecified atom stereocenters. The highest BCUT2D eigenvalue weighted by molar-refractivity contribution is 5.55. The number of ether oxygens (including phenoxy) is 1. The molecule has 0 saturated carbocycles. The normalized spacial score (nSPS) is 12.1. The molecule has 2 heterocycles. The Balaban J connectivity index is 1.76. The van der Waals surface area contributed by atoms with E-state index in [9.17, 15) is 5.11 Å². The van der Waals surface area contributed by atoms with Crippen molar-refractivity contribution in [2.24, 2.45) is 0 Å². The van der Waals surface area contributed by atoms with Crippen molar-refractivity contribution in [3.05, 3.63) is 60.1 Å². The number of pyridine rings is 1. The second kappa shape index (κ2) is 6.36. The van der Waals surface area contributed by atoms with Gasteiger partial charge in [0.1, 0.15) is 0 Å². The lowest BCUT2D eigenvalue weighted by Crippen LogP contribution is -2.01. The van der Waals surface area contributed by atoms with Crippen molar-refractivity contribution >= 4 is 0 Å². The average molecular weight is 297 g/mol. The van der Waals surface area contributed by atoms with Gasteiger partial charge in [-0.3, -0.25) is 0 Å². The molecule has 0 saturated heterocycles. The van der Waals surface area contributed by atoms with Crippen LogP contribution >= 0.6 is 0 Å². The van der Waals surface area contributed by atoms with Gasteiger partial charge in [-0.05, 0) is 11.6 Å².